The van der Waals surface area contributed by atoms with E-state index in [1.165, 1.54) is 4.90 Å². The number of nitrogens with zero attached hydrogens (tertiary/aromatic N) is 1. The number of rotatable bonds is 9. The lowest BCUT2D eigenvalue weighted by atomic mass is 10.0. The molecule has 1 aromatic carbocycles. The van der Waals surface area contributed by atoms with Crippen LogP contribution in [0.1, 0.15) is 74.3 Å². The van der Waals surface area contributed by atoms with Gasteiger partial charge in [0.2, 0.25) is 0 Å². The Morgan fingerprint density at radius 3 is 1.84 bits per heavy atom. The van der Waals surface area contributed by atoms with Gasteiger partial charge in [-0.1, -0.05) is 12.1 Å². The number of likely N-dealkylation sites (tertiary alicyclic amines) is 1. The van der Waals surface area contributed by atoms with Crippen molar-refractivity contribution < 1.29 is 47.6 Å². The molecular weight excluding hydrogens is 574 g/mol. The van der Waals surface area contributed by atoms with E-state index in [9.17, 15) is 19.2 Å². The quantitative estimate of drug-likeness (QED) is 0.214. The SMILES string of the molecule is COc1ccc(C[C@@H]2[C@H](OC(=O)NCCCNC(=O)OC(C)(C)C)[C@@H](OC(=O)OC(C)(C)C)CN2C(=O)OC(C)(C)C)cc1. The first-order valence-electron chi connectivity index (χ1n) is 14.7. The molecule has 0 spiro atoms. The minimum Gasteiger partial charge on any atom is -0.497 e. The standard InChI is InChI=1S/C31H49N3O10/c1-29(2,3)42-26(36)33-17-11-16-32-25(35)41-24-22(18-20-12-14-21(39-10)15-13-20)34(27(37)43-30(4,5)6)19-23(24)40-28(38)44-31(7,8)9/h12-15,22-24H,11,16-19H2,1-10H3,(H,32,35)(H,33,36)/t22-,23+,24+/m1/s1. The molecule has 3 amide bonds. The van der Waals surface area contributed by atoms with Crippen LogP contribution in [0.4, 0.5) is 19.2 Å². The molecule has 1 heterocycles. The van der Waals surface area contributed by atoms with Crippen LogP contribution in [-0.2, 0) is 30.1 Å². The molecule has 1 aliphatic rings. The van der Waals surface area contributed by atoms with E-state index in [-0.39, 0.29) is 26.1 Å². The third kappa shape index (κ3) is 13.2. The molecule has 1 aliphatic heterocycles. The molecule has 0 bridgehead atoms. The summed E-state index contributed by atoms with van der Waals surface area (Å²) in [6, 6.07) is 6.49. The molecule has 13 nitrogen and oxygen atoms in total. The zero-order valence-corrected chi connectivity index (χ0v) is 27.6. The van der Waals surface area contributed by atoms with E-state index in [4.69, 9.17) is 28.4 Å². The molecule has 0 radical (unpaired) electrons. The van der Waals surface area contributed by atoms with Gasteiger partial charge in [-0.25, -0.2) is 19.2 Å². The summed E-state index contributed by atoms with van der Waals surface area (Å²) >= 11 is 0. The zero-order valence-electron chi connectivity index (χ0n) is 27.6. The van der Waals surface area contributed by atoms with Crippen LogP contribution >= 0.6 is 0 Å². The van der Waals surface area contributed by atoms with Gasteiger partial charge in [0.25, 0.3) is 0 Å². The van der Waals surface area contributed by atoms with E-state index in [0.717, 1.165) is 5.56 Å². The lowest BCUT2D eigenvalue weighted by Gasteiger charge is -2.30. The second kappa shape index (κ2) is 15.2. The van der Waals surface area contributed by atoms with Crippen molar-refractivity contribution in [3.63, 3.8) is 0 Å². The number of alkyl carbamates (subject to hydrolysis) is 2. The highest BCUT2D eigenvalue weighted by atomic mass is 16.7. The van der Waals surface area contributed by atoms with Gasteiger partial charge >= 0.3 is 24.4 Å². The summed E-state index contributed by atoms with van der Waals surface area (Å²) in [5.74, 6) is 0.656. The van der Waals surface area contributed by atoms with Crippen LogP contribution in [0.25, 0.3) is 0 Å². The summed E-state index contributed by atoms with van der Waals surface area (Å²) in [4.78, 5) is 52.2. The van der Waals surface area contributed by atoms with Gasteiger partial charge in [0, 0.05) is 13.1 Å². The zero-order chi connectivity index (χ0) is 33.3. The van der Waals surface area contributed by atoms with Gasteiger partial charge in [-0.3, -0.25) is 4.90 Å². The predicted octanol–water partition coefficient (Wildman–Crippen LogP) is 5.19. The number of hydrogen-bond donors (Lipinski definition) is 2. The molecule has 2 N–H and O–H groups in total. The molecule has 2 rings (SSSR count). The number of amides is 3. The topological polar surface area (TPSA) is 151 Å². The van der Waals surface area contributed by atoms with Crippen molar-refractivity contribution >= 4 is 24.4 Å². The maximum atomic E-state index is 13.4. The molecule has 0 aromatic heterocycles. The van der Waals surface area contributed by atoms with Gasteiger partial charge < -0.3 is 39.1 Å². The van der Waals surface area contributed by atoms with E-state index in [2.05, 4.69) is 10.6 Å². The second-order valence-electron chi connectivity index (χ2n) is 13.5. The molecule has 44 heavy (non-hydrogen) atoms. The predicted molar refractivity (Wildman–Crippen MR) is 162 cm³/mol. The fourth-order valence-corrected chi connectivity index (χ4v) is 4.22. The van der Waals surface area contributed by atoms with Gasteiger partial charge in [-0.2, -0.15) is 0 Å². The first kappa shape index (κ1) is 36.3. The Labute approximate surface area is 260 Å². The average Bonchev–Trinajstić information content (AvgIpc) is 3.17. The first-order chi connectivity index (χ1) is 20.3. The van der Waals surface area contributed by atoms with Crippen molar-refractivity contribution in [3.05, 3.63) is 29.8 Å². The fraction of sp³-hybridized carbons (Fsp3) is 0.677. The van der Waals surface area contributed by atoms with E-state index in [1.54, 1.807) is 81.6 Å². The normalized spacial score (nSPS) is 18.6. The maximum Gasteiger partial charge on any atom is 0.509 e. The fourth-order valence-electron chi connectivity index (χ4n) is 4.22. The molecule has 0 aliphatic carbocycles. The Bertz CT molecular complexity index is 1120. The van der Waals surface area contributed by atoms with Crippen LogP contribution in [-0.4, -0.2) is 91.1 Å². The molecule has 1 aromatic rings. The number of ether oxygens (including phenoxy) is 6. The lowest BCUT2D eigenvalue weighted by molar-refractivity contribution is -0.0518. The number of benzene rings is 1. The van der Waals surface area contributed by atoms with Crippen LogP contribution in [0, 0.1) is 0 Å². The summed E-state index contributed by atoms with van der Waals surface area (Å²) in [6.45, 7) is 16.0. The maximum absolute atomic E-state index is 13.4. The average molecular weight is 624 g/mol. The Kier molecular flexibility index (Phi) is 12.5. The Balaban J connectivity index is 2.23. The number of methoxy groups -OCH3 is 1. The summed E-state index contributed by atoms with van der Waals surface area (Å²) < 4.78 is 32.9. The molecule has 0 saturated carbocycles. The lowest BCUT2D eigenvalue weighted by Crippen LogP contribution is -2.46. The van der Waals surface area contributed by atoms with Gasteiger partial charge in [0.15, 0.2) is 12.2 Å². The summed E-state index contributed by atoms with van der Waals surface area (Å²) in [5, 5.41) is 5.27. The first-order valence-corrected chi connectivity index (χ1v) is 14.7. The highest BCUT2D eigenvalue weighted by molar-refractivity contribution is 5.71. The van der Waals surface area contributed by atoms with Crippen molar-refractivity contribution in [2.75, 3.05) is 26.7 Å². The molecule has 1 fully saturated rings. The Hall–Kier alpha value is -3.90. The van der Waals surface area contributed by atoms with Crippen LogP contribution in [0.3, 0.4) is 0 Å². The van der Waals surface area contributed by atoms with Crippen molar-refractivity contribution in [2.45, 2.75) is 110 Å². The van der Waals surface area contributed by atoms with Crippen LogP contribution in [0.15, 0.2) is 24.3 Å². The molecule has 3 atom stereocenters. The molecule has 13 heteroatoms. The largest absolute Gasteiger partial charge is 0.509 e. The van der Waals surface area contributed by atoms with Crippen molar-refractivity contribution in [2.24, 2.45) is 0 Å². The number of carbonyl (C=O) groups is 4. The summed E-state index contributed by atoms with van der Waals surface area (Å²) in [5.41, 5.74) is -1.43. The van der Waals surface area contributed by atoms with Gasteiger partial charge in [-0.05, 0) is 92.9 Å². The minimum atomic E-state index is -1.06. The summed E-state index contributed by atoms with van der Waals surface area (Å²) in [6.07, 6.45) is -4.39. The number of nitrogens with one attached hydrogen (secondary N) is 2. The van der Waals surface area contributed by atoms with E-state index < -0.39 is 59.5 Å². The Morgan fingerprint density at radius 1 is 0.773 bits per heavy atom. The minimum absolute atomic E-state index is 0.0905. The van der Waals surface area contributed by atoms with Crippen LogP contribution < -0.4 is 15.4 Å². The molecular formula is C31H49N3O10. The molecule has 248 valence electrons. The van der Waals surface area contributed by atoms with E-state index >= 15 is 0 Å². The van der Waals surface area contributed by atoms with Crippen LogP contribution in [0.2, 0.25) is 0 Å². The highest BCUT2D eigenvalue weighted by Gasteiger charge is 2.50. The smallest absolute Gasteiger partial charge is 0.497 e. The van der Waals surface area contributed by atoms with Crippen molar-refractivity contribution in [1.82, 2.24) is 15.5 Å². The Morgan fingerprint density at radius 2 is 1.32 bits per heavy atom. The number of carbonyl (C=O) groups excluding carboxylic acids is 4. The molecule has 0 unspecified atom stereocenters. The van der Waals surface area contributed by atoms with Crippen molar-refractivity contribution in [3.8, 4) is 5.75 Å². The van der Waals surface area contributed by atoms with E-state index in [1.807, 2.05) is 12.1 Å². The third-order valence-corrected chi connectivity index (χ3v) is 5.93. The van der Waals surface area contributed by atoms with Crippen LogP contribution in [0.5, 0.6) is 5.75 Å². The third-order valence-electron chi connectivity index (χ3n) is 5.93. The monoisotopic (exact) mass is 623 g/mol. The highest BCUT2D eigenvalue weighted by Crippen LogP contribution is 2.30. The summed E-state index contributed by atoms with van der Waals surface area (Å²) in [7, 11) is 1.56. The second-order valence-corrected chi connectivity index (χ2v) is 13.5. The van der Waals surface area contributed by atoms with Gasteiger partial charge in [-0.15, -0.1) is 0 Å². The number of hydrogen-bond acceptors (Lipinski definition) is 10. The van der Waals surface area contributed by atoms with Crippen molar-refractivity contribution in [1.29, 1.82) is 0 Å². The molecule has 1 saturated heterocycles. The van der Waals surface area contributed by atoms with E-state index in [0.29, 0.717) is 12.2 Å². The van der Waals surface area contributed by atoms with Gasteiger partial charge in [0.1, 0.15) is 22.6 Å². The van der Waals surface area contributed by atoms with Gasteiger partial charge in [0.05, 0.1) is 19.7 Å².